The van der Waals surface area contributed by atoms with E-state index in [2.05, 4.69) is 26.0 Å². The Balaban J connectivity index is 1.77. The Kier molecular flexibility index (Phi) is 6.76. The van der Waals surface area contributed by atoms with E-state index in [0.717, 1.165) is 11.1 Å². The van der Waals surface area contributed by atoms with Gasteiger partial charge < -0.3 is 15.7 Å². The maximum absolute atomic E-state index is 12.9. The number of nitrogens with one attached hydrogen (secondary N) is 3. The molecule has 1 amide bonds. The molecule has 2 heterocycles. The fourth-order valence-electron chi connectivity index (χ4n) is 2.98. The van der Waals surface area contributed by atoms with E-state index < -0.39 is 12.0 Å². The molecule has 2 aromatic heterocycles. The van der Waals surface area contributed by atoms with Gasteiger partial charge in [0.15, 0.2) is 0 Å². The standard InChI is InChI=1S/C21H24N6O3/c1-22-18-11-15(8-9-23-18)16-12-19(27(2)26-16)25-21(30)17(24-13-20(28)29)10-14-6-4-3-5-7-14/h3-9,11-12,17,24H,10,13H2,1-2H3,(H,22,23)(H,25,30)(H,28,29)/t17-/m0/s1. The summed E-state index contributed by atoms with van der Waals surface area (Å²) in [6, 6.07) is 14.2. The first kappa shape index (κ1) is 21.0. The normalized spacial score (nSPS) is 11.7. The van der Waals surface area contributed by atoms with Crippen molar-refractivity contribution in [3.05, 3.63) is 60.3 Å². The lowest BCUT2D eigenvalue weighted by molar-refractivity contribution is -0.136. The minimum atomic E-state index is -1.03. The number of carbonyl (C=O) groups excluding carboxylic acids is 1. The number of aromatic nitrogens is 3. The molecule has 0 spiro atoms. The highest BCUT2D eigenvalue weighted by molar-refractivity contribution is 5.95. The summed E-state index contributed by atoms with van der Waals surface area (Å²) in [4.78, 5) is 28.1. The zero-order valence-electron chi connectivity index (χ0n) is 16.8. The molecule has 9 nitrogen and oxygen atoms in total. The summed E-state index contributed by atoms with van der Waals surface area (Å²) in [5.74, 6) is -0.139. The summed E-state index contributed by atoms with van der Waals surface area (Å²) < 4.78 is 1.57. The highest BCUT2D eigenvalue weighted by atomic mass is 16.4. The average Bonchev–Trinajstić information content (AvgIpc) is 3.12. The molecule has 0 aliphatic rings. The second-order valence-electron chi connectivity index (χ2n) is 6.72. The van der Waals surface area contributed by atoms with Gasteiger partial charge in [-0.25, -0.2) is 4.98 Å². The van der Waals surface area contributed by atoms with Crippen LogP contribution < -0.4 is 16.0 Å². The molecule has 0 saturated carbocycles. The summed E-state index contributed by atoms with van der Waals surface area (Å²) in [6.07, 6.45) is 2.04. The van der Waals surface area contributed by atoms with Gasteiger partial charge >= 0.3 is 5.97 Å². The number of nitrogens with zero attached hydrogens (tertiary/aromatic N) is 3. The Labute approximate surface area is 174 Å². The first-order chi connectivity index (χ1) is 14.5. The van der Waals surface area contributed by atoms with Crippen molar-refractivity contribution in [2.75, 3.05) is 24.2 Å². The molecular formula is C21H24N6O3. The molecule has 0 aliphatic heterocycles. The number of carbonyl (C=O) groups is 2. The van der Waals surface area contributed by atoms with E-state index in [9.17, 15) is 9.59 Å². The lowest BCUT2D eigenvalue weighted by Crippen LogP contribution is -2.44. The number of amides is 1. The van der Waals surface area contributed by atoms with E-state index in [1.807, 2.05) is 42.5 Å². The summed E-state index contributed by atoms with van der Waals surface area (Å²) in [7, 11) is 3.52. The number of carboxylic acid groups (broad SMARTS) is 1. The molecular weight excluding hydrogens is 384 g/mol. The van der Waals surface area contributed by atoms with Crippen molar-refractivity contribution in [1.82, 2.24) is 20.1 Å². The minimum Gasteiger partial charge on any atom is -0.480 e. The van der Waals surface area contributed by atoms with Crippen molar-refractivity contribution in [1.29, 1.82) is 0 Å². The predicted molar refractivity (Wildman–Crippen MR) is 114 cm³/mol. The molecule has 0 radical (unpaired) electrons. The molecule has 1 atom stereocenters. The monoisotopic (exact) mass is 408 g/mol. The van der Waals surface area contributed by atoms with Crippen LogP contribution in [0.2, 0.25) is 0 Å². The first-order valence-corrected chi connectivity index (χ1v) is 9.44. The predicted octanol–water partition coefficient (Wildman–Crippen LogP) is 1.75. The fraction of sp³-hybridized carbons (Fsp3) is 0.238. The fourth-order valence-corrected chi connectivity index (χ4v) is 2.98. The maximum Gasteiger partial charge on any atom is 0.317 e. The Morgan fingerprint density at radius 2 is 1.93 bits per heavy atom. The van der Waals surface area contributed by atoms with Crippen molar-refractivity contribution in [2.45, 2.75) is 12.5 Å². The number of hydrogen-bond donors (Lipinski definition) is 4. The van der Waals surface area contributed by atoms with Crippen LogP contribution in [0.25, 0.3) is 11.3 Å². The largest absolute Gasteiger partial charge is 0.480 e. The van der Waals surface area contributed by atoms with E-state index in [0.29, 0.717) is 23.8 Å². The van der Waals surface area contributed by atoms with Crippen LogP contribution in [-0.2, 0) is 23.1 Å². The molecule has 1 aromatic carbocycles. The van der Waals surface area contributed by atoms with Gasteiger partial charge in [-0.2, -0.15) is 5.10 Å². The third-order valence-electron chi connectivity index (χ3n) is 4.54. The molecule has 9 heteroatoms. The zero-order chi connectivity index (χ0) is 21.5. The van der Waals surface area contributed by atoms with Gasteiger partial charge in [0.05, 0.1) is 18.3 Å². The molecule has 3 rings (SSSR count). The van der Waals surface area contributed by atoms with Gasteiger partial charge in [-0.15, -0.1) is 0 Å². The van der Waals surface area contributed by atoms with Crippen LogP contribution in [0.4, 0.5) is 11.6 Å². The third kappa shape index (κ3) is 5.42. The van der Waals surface area contributed by atoms with Gasteiger partial charge in [-0.1, -0.05) is 30.3 Å². The quantitative estimate of drug-likeness (QED) is 0.426. The Morgan fingerprint density at radius 1 is 1.17 bits per heavy atom. The third-order valence-corrected chi connectivity index (χ3v) is 4.54. The highest BCUT2D eigenvalue weighted by Gasteiger charge is 2.21. The van der Waals surface area contributed by atoms with Crippen molar-refractivity contribution in [3.8, 4) is 11.3 Å². The summed E-state index contributed by atoms with van der Waals surface area (Å²) >= 11 is 0. The van der Waals surface area contributed by atoms with Gasteiger partial charge in [0.1, 0.15) is 11.6 Å². The Morgan fingerprint density at radius 3 is 2.63 bits per heavy atom. The molecule has 0 bridgehead atoms. The number of benzene rings is 1. The average molecular weight is 408 g/mol. The summed E-state index contributed by atoms with van der Waals surface area (Å²) in [6.45, 7) is -0.314. The molecule has 4 N–H and O–H groups in total. The minimum absolute atomic E-state index is 0.314. The smallest absolute Gasteiger partial charge is 0.317 e. The zero-order valence-corrected chi connectivity index (χ0v) is 16.8. The number of carboxylic acids is 1. The van der Waals surface area contributed by atoms with Crippen LogP contribution in [0.1, 0.15) is 5.56 Å². The number of anilines is 2. The SMILES string of the molecule is CNc1cc(-c2cc(NC(=O)[C@H](Cc3ccccc3)NCC(=O)O)n(C)n2)ccn1. The number of aliphatic carboxylic acids is 1. The van der Waals surface area contributed by atoms with Gasteiger partial charge in [-0.05, 0) is 24.1 Å². The maximum atomic E-state index is 12.9. The van der Waals surface area contributed by atoms with E-state index in [-0.39, 0.29) is 12.5 Å². The van der Waals surface area contributed by atoms with E-state index in [1.165, 1.54) is 0 Å². The van der Waals surface area contributed by atoms with Crippen LogP contribution in [0, 0.1) is 0 Å². The number of aryl methyl sites for hydroxylation is 1. The van der Waals surface area contributed by atoms with Gasteiger partial charge in [0, 0.05) is 31.9 Å². The van der Waals surface area contributed by atoms with Crippen molar-refractivity contribution >= 4 is 23.5 Å². The van der Waals surface area contributed by atoms with E-state index in [4.69, 9.17) is 5.11 Å². The number of pyridine rings is 1. The van der Waals surface area contributed by atoms with Crippen LogP contribution in [0.5, 0.6) is 0 Å². The van der Waals surface area contributed by atoms with Crippen molar-refractivity contribution < 1.29 is 14.7 Å². The van der Waals surface area contributed by atoms with Gasteiger partial charge in [0.2, 0.25) is 5.91 Å². The topological polar surface area (TPSA) is 121 Å². The molecule has 156 valence electrons. The highest BCUT2D eigenvalue weighted by Crippen LogP contribution is 2.23. The molecule has 0 aliphatic carbocycles. The van der Waals surface area contributed by atoms with E-state index >= 15 is 0 Å². The van der Waals surface area contributed by atoms with Crippen LogP contribution in [-0.4, -0.2) is 51.4 Å². The lowest BCUT2D eigenvalue weighted by Gasteiger charge is -2.17. The second-order valence-corrected chi connectivity index (χ2v) is 6.72. The molecule has 3 aromatic rings. The van der Waals surface area contributed by atoms with Crippen molar-refractivity contribution in [2.24, 2.45) is 7.05 Å². The van der Waals surface area contributed by atoms with Crippen LogP contribution >= 0.6 is 0 Å². The summed E-state index contributed by atoms with van der Waals surface area (Å²) in [5.41, 5.74) is 2.47. The molecule has 0 saturated heterocycles. The molecule has 30 heavy (non-hydrogen) atoms. The van der Waals surface area contributed by atoms with Gasteiger partial charge in [0.25, 0.3) is 0 Å². The van der Waals surface area contributed by atoms with E-state index in [1.54, 1.807) is 31.0 Å². The number of rotatable bonds is 9. The molecule has 0 unspecified atom stereocenters. The van der Waals surface area contributed by atoms with Crippen LogP contribution in [0.15, 0.2) is 54.7 Å². The Bertz CT molecular complexity index is 1020. The molecule has 0 fully saturated rings. The number of hydrogen-bond acceptors (Lipinski definition) is 6. The van der Waals surface area contributed by atoms with Crippen LogP contribution in [0.3, 0.4) is 0 Å². The lowest BCUT2D eigenvalue weighted by atomic mass is 10.1. The van der Waals surface area contributed by atoms with Crippen molar-refractivity contribution in [3.63, 3.8) is 0 Å². The first-order valence-electron chi connectivity index (χ1n) is 9.44. The van der Waals surface area contributed by atoms with Gasteiger partial charge in [-0.3, -0.25) is 19.6 Å². The second kappa shape index (κ2) is 9.66. The summed E-state index contributed by atoms with van der Waals surface area (Å²) in [5, 5.41) is 22.1. The Hall–Kier alpha value is -3.72.